The molecule has 4 N–H and O–H groups in total. The molecule has 1 aromatic carbocycles. The number of carbonyl (C=O) groups excluding carboxylic acids is 1. The summed E-state index contributed by atoms with van der Waals surface area (Å²) >= 11 is 1.04. The number of fused-ring (bicyclic) bond motifs is 1. The summed E-state index contributed by atoms with van der Waals surface area (Å²) in [7, 11) is 0. The summed E-state index contributed by atoms with van der Waals surface area (Å²) in [6.07, 6.45) is 10.2. The highest BCUT2D eigenvalue weighted by molar-refractivity contribution is 7.95. The van der Waals surface area contributed by atoms with Crippen molar-refractivity contribution >= 4 is 29.6 Å². The van der Waals surface area contributed by atoms with Gasteiger partial charge in [-0.3, -0.25) is 10.0 Å². The molecular formula is C23H32N6O2S. The molecule has 2 heterocycles. The number of nitrogens with one attached hydrogen (secondary N) is 2. The van der Waals surface area contributed by atoms with Crippen molar-refractivity contribution in [1.82, 2.24) is 15.1 Å². The quantitative estimate of drug-likeness (QED) is 0.411. The number of anilines is 1. The summed E-state index contributed by atoms with van der Waals surface area (Å²) in [5.41, 5.74) is 4.26. The monoisotopic (exact) mass is 456 g/mol. The molecule has 4 rings (SSSR count). The second-order valence-corrected chi connectivity index (χ2v) is 8.56. The van der Waals surface area contributed by atoms with Crippen molar-refractivity contribution in [2.75, 3.05) is 51.2 Å². The van der Waals surface area contributed by atoms with Gasteiger partial charge in [-0.05, 0) is 43.5 Å². The Morgan fingerprint density at radius 2 is 2.06 bits per heavy atom. The van der Waals surface area contributed by atoms with E-state index >= 15 is 0 Å². The van der Waals surface area contributed by atoms with Crippen LogP contribution in [-0.4, -0.2) is 67.4 Å². The Balaban J connectivity index is 1.15. The first-order valence-electron chi connectivity index (χ1n) is 11.3. The van der Waals surface area contributed by atoms with E-state index < -0.39 is 0 Å². The number of hydrogen-bond acceptors (Lipinski definition) is 7. The Labute approximate surface area is 194 Å². The third-order valence-corrected chi connectivity index (χ3v) is 6.35. The third kappa shape index (κ3) is 6.05. The molecule has 0 bridgehead atoms. The molecule has 0 spiro atoms. The van der Waals surface area contributed by atoms with Crippen molar-refractivity contribution < 1.29 is 9.53 Å². The number of piperazine rings is 1. The van der Waals surface area contributed by atoms with Gasteiger partial charge < -0.3 is 20.3 Å². The van der Waals surface area contributed by atoms with E-state index in [4.69, 9.17) is 9.88 Å². The van der Waals surface area contributed by atoms with Crippen LogP contribution in [0.15, 0.2) is 46.5 Å². The van der Waals surface area contributed by atoms with Gasteiger partial charge in [0.2, 0.25) is 0 Å². The lowest BCUT2D eigenvalue weighted by Crippen LogP contribution is -2.47. The van der Waals surface area contributed by atoms with Crippen LogP contribution in [0.25, 0.3) is 0 Å². The molecule has 1 fully saturated rings. The SMILES string of the molecule is NS/N=C1\CC=CC=C1N1CCN(CCCCOc2ccc3c(c2)NC(=O)NCC3)CC1. The highest BCUT2D eigenvalue weighted by atomic mass is 32.2. The van der Waals surface area contributed by atoms with Gasteiger partial charge in [-0.1, -0.05) is 18.2 Å². The van der Waals surface area contributed by atoms with Crippen molar-refractivity contribution in [3.8, 4) is 5.75 Å². The number of ether oxygens (including phenoxy) is 1. The van der Waals surface area contributed by atoms with Gasteiger partial charge in [-0.15, -0.1) is 0 Å². The second-order valence-electron chi connectivity index (χ2n) is 8.16. The Hall–Kier alpha value is -2.49. The zero-order chi connectivity index (χ0) is 22.2. The fraction of sp³-hybridized carbons (Fsp3) is 0.478. The van der Waals surface area contributed by atoms with Crippen LogP contribution in [0.4, 0.5) is 10.5 Å². The van der Waals surface area contributed by atoms with Crippen LogP contribution >= 0.6 is 12.1 Å². The Kier molecular flexibility index (Phi) is 8.08. The number of nitrogens with zero attached hydrogens (tertiary/aromatic N) is 3. The molecule has 1 aromatic rings. The van der Waals surface area contributed by atoms with Gasteiger partial charge in [0.15, 0.2) is 0 Å². The number of urea groups is 1. The average molecular weight is 457 g/mol. The van der Waals surface area contributed by atoms with E-state index in [9.17, 15) is 4.79 Å². The third-order valence-electron chi connectivity index (χ3n) is 6.02. The molecule has 0 atom stereocenters. The van der Waals surface area contributed by atoms with Crippen LogP contribution in [0.1, 0.15) is 24.8 Å². The number of nitrogens with two attached hydrogens (primary N) is 1. The van der Waals surface area contributed by atoms with E-state index in [1.807, 2.05) is 18.2 Å². The maximum absolute atomic E-state index is 11.7. The van der Waals surface area contributed by atoms with E-state index in [0.717, 1.165) is 93.3 Å². The van der Waals surface area contributed by atoms with E-state index in [0.29, 0.717) is 13.2 Å². The van der Waals surface area contributed by atoms with Crippen molar-refractivity contribution in [2.24, 2.45) is 9.54 Å². The molecule has 2 aliphatic heterocycles. The van der Waals surface area contributed by atoms with Gasteiger partial charge in [0.1, 0.15) is 5.75 Å². The predicted octanol–water partition coefficient (Wildman–Crippen LogP) is 2.95. The summed E-state index contributed by atoms with van der Waals surface area (Å²) in [6.45, 7) is 6.57. The molecule has 3 aliphatic rings. The van der Waals surface area contributed by atoms with Crippen LogP contribution in [0.3, 0.4) is 0 Å². The topological polar surface area (TPSA) is 95.2 Å². The molecule has 0 unspecified atom stereocenters. The number of allylic oxidation sites excluding steroid dienone is 4. The maximum atomic E-state index is 11.7. The zero-order valence-electron chi connectivity index (χ0n) is 18.4. The molecule has 0 saturated carbocycles. The number of hydrogen-bond donors (Lipinski definition) is 3. The van der Waals surface area contributed by atoms with Gasteiger partial charge in [0.05, 0.1) is 30.1 Å². The van der Waals surface area contributed by atoms with Gasteiger partial charge in [0.25, 0.3) is 0 Å². The zero-order valence-corrected chi connectivity index (χ0v) is 19.2. The molecular weight excluding hydrogens is 424 g/mol. The van der Waals surface area contributed by atoms with Crippen LogP contribution < -0.4 is 20.5 Å². The Bertz CT molecular complexity index is 892. The minimum Gasteiger partial charge on any atom is -0.494 e. The van der Waals surface area contributed by atoms with Crippen molar-refractivity contribution in [1.29, 1.82) is 0 Å². The van der Waals surface area contributed by atoms with Crippen LogP contribution in [0.2, 0.25) is 0 Å². The van der Waals surface area contributed by atoms with Gasteiger partial charge in [0, 0.05) is 50.9 Å². The standard InChI is InChI=1S/C23H32N6O2S/c24-32-27-20-5-1-2-6-22(20)29-14-12-28(13-15-29)11-3-4-16-31-19-8-7-18-9-10-25-23(30)26-21(18)17-19/h1-2,6-8,17H,3-5,9-16,24H2,(H2,25,26,30)/b27-20+. The largest absolute Gasteiger partial charge is 0.494 e. The minimum absolute atomic E-state index is 0.154. The summed E-state index contributed by atoms with van der Waals surface area (Å²) in [5.74, 6) is 0.808. The summed E-state index contributed by atoms with van der Waals surface area (Å²) < 4.78 is 10.3. The first-order valence-corrected chi connectivity index (χ1v) is 12.1. The lowest BCUT2D eigenvalue weighted by molar-refractivity contribution is 0.158. The number of carbonyl (C=O) groups is 1. The fourth-order valence-electron chi connectivity index (χ4n) is 4.27. The molecule has 2 amide bonds. The van der Waals surface area contributed by atoms with E-state index in [1.54, 1.807) is 0 Å². The summed E-state index contributed by atoms with van der Waals surface area (Å²) in [4.78, 5) is 16.6. The Morgan fingerprint density at radius 1 is 1.19 bits per heavy atom. The smallest absolute Gasteiger partial charge is 0.319 e. The molecule has 172 valence electrons. The number of rotatable bonds is 8. The van der Waals surface area contributed by atoms with Crippen LogP contribution in [-0.2, 0) is 6.42 Å². The normalized spacial score (nSPS) is 20.3. The summed E-state index contributed by atoms with van der Waals surface area (Å²) in [6, 6.07) is 5.80. The van der Waals surface area contributed by atoms with Crippen LogP contribution in [0, 0.1) is 0 Å². The average Bonchev–Trinajstić information content (AvgIpc) is 3.00. The van der Waals surface area contributed by atoms with Crippen molar-refractivity contribution in [3.63, 3.8) is 0 Å². The molecule has 1 saturated heterocycles. The van der Waals surface area contributed by atoms with Crippen molar-refractivity contribution in [3.05, 3.63) is 47.7 Å². The van der Waals surface area contributed by atoms with E-state index in [-0.39, 0.29) is 6.03 Å². The van der Waals surface area contributed by atoms with E-state index in [2.05, 4.69) is 43.1 Å². The lowest BCUT2D eigenvalue weighted by Gasteiger charge is -2.38. The summed E-state index contributed by atoms with van der Waals surface area (Å²) in [5, 5.41) is 11.2. The van der Waals surface area contributed by atoms with Gasteiger partial charge in [-0.25, -0.2) is 9.19 Å². The highest BCUT2D eigenvalue weighted by Gasteiger charge is 2.22. The van der Waals surface area contributed by atoms with Crippen LogP contribution in [0.5, 0.6) is 5.75 Å². The van der Waals surface area contributed by atoms with Gasteiger partial charge in [-0.2, -0.15) is 0 Å². The molecule has 32 heavy (non-hydrogen) atoms. The molecule has 0 aromatic heterocycles. The lowest BCUT2D eigenvalue weighted by atomic mass is 10.1. The molecule has 0 radical (unpaired) electrons. The first-order chi connectivity index (χ1) is 15.7. The molecule has 8 nitrogen and oxygen atoms in total. The van der Waals surface area contributed by atoms with Crippen molar-refractivity contribution in [2.45, 2.75) is 25.7 Å². The number of amides is 2. The second kappa shape index (κ2) is 11.4. The highest BCUT2D eigenvalue weighted by Crippen LogP contribution is 2.24. The van der Waals surface area contributed by atoms with Gasteiger partial charge >= 0.3 is 6.03 Å². The number of benzene rings is 1. The predicted molar refractivity (Wildman–Crippen MR) is 131 cm³/mol. The van der Waals surface area contributed by atoms with E-state index in [1.165, 1.54) is 5.70 Å². The minimum atomic E-state index is -0.154. The fourth-order valence-corrected chi connectivity index (χ4v) is 4.57. The maximum Gasteiger partial charge on any atom is 0.319 e. The molecule has 9 heteroatoms. The first kappa shape index (κ1) is 22.7. The Morgan fingerprint density at radius 3 is 2.91 bits per heavy atom. The molecule has 1 aliphatic carbocycles. The number of unbranched alkanes of at least 4 members (excludes halogenated alkanes) is 1.